The fraction of sp³-hybridized carbons (Fsp3) is 0.300. The van der Waals surface area contributed by atoms with Crippen molar-refractivity contribution in [2.24, 2.45) is 0 Å². The number of ether oxygens (including phenoxy) is 2. The Kier molecular flexibility index (Phi) is 7.69. The molecule has 29 heavy (non-hydrogen) atoms. The Morgan fingerprint density at radius 1 is 1.10 bits per heavy atom. The molecule has 7 nitrogen and oxygen atoms in total. The molecule has 0 saturated heterocycles. The number of anilines is 1. The van der Waals surface area contributed by atoms with Gasteiger partial charge >= 0.3 is 11.9 Å². The van der Waals surface area contributed by atoms with Crippen LogP contribution in [0.15, 0.2) is 52.3 Å². The third-order valence-electron chi connectivity index (χ3n) is 4.12. The first-order chi connectivity index (χ1) is 13.7. The second-order valence-corrected chi connectivity index (χ2v) is 8.73. The summed E-state index contributed by atoms with van der Waals surface area (Å²) in [5.41, 5.74) is 0.955. The number of benzene rings is 2. The molecule has 2 aromatic rings. The number of rotatable bonds is 8. The summed E-state index contributed by atoms with van der Waals surface area (Å²) in [6.45, 7) is 2.93. The van der Waals surface area contributed by atoms with Gasteiger partial charge in [-0.1, -0.05) is 6.07 Å². The van der Waals surface area contributed by atoms with Gasteiger partial charge in [-0.05, 0) is 62.1 Å². The van der Waals surface area contributed by atoms with Crippen molar-refractivity contribution in [3.8, 4) is 0 Å². The Hall–Kier alpha value is -2.52. The summed E-state index contributed by atoms with van der Waals surface area (Å²) in [4.78, 5) is 25.0. The van der Waals surface area contributed by atoms with Crippen molar-refractivity contribution in [3.05, 3.63) is 53.6 Å². The smallest absolute Gasteiger partial charge is 0.337 e. The van der Waals surface area contributed by atoms with Crippen LogP contribution in [0.5, 0.6) is 0 Å². The molecule has 0 radical (unpaired) electrons. The van der Waals surface area contributed by atoms with Crippen LogP contribution in [0.4, 0.5) is 5.69 Å². The maximum Gasteiger partial charge on any atom is 0.337 e. The Morgan fingerprint density at radius 3 is 2.31 bits per heavy atom. The number of nitrogens with zero attached hydrogens (tertiary/aromatic N) is 1. The third kappa shape index (κ3) is 5.30. The van der Waals surface area contributed by atoms with Crippen molar-refractivity contribution in [1.82, 2.24) is 0 Å². The van der Waals surface area contributed by atoms with Crippen LogP contribution in [0.1, 0.15) is 22.8 Å². The minimum absolute atomic E-state index is 0.0301. The van der Waals surface area contributed by atoms with E-state index in [1.165, 1.54) is 43.1 Å². The zero-order valence-electron chi connectivity index (χ0n) is 16.7. The average molecular weight is 438 g/mol. The van der Waals surface area contributed by atoms with E-state index >= 15 is 0 Å². The minimum atomic E-state index is -4.09. The highest BCUT2D eigenvalue weighted by Gasteiger charge is 2.29. The predicted octanol–water partition coefficient (Wildman–Crippen LogP) is 3.26. The molecule has 0 bridgehead atoms. The van der Waals surface area contributed by atoms with Crippen molar-refractivity contribution >= 4 is 39.4 Å². The van der Waals surface area contributed by atoms with Gasteiger partial charge in [-0.15, -0.1) is 11.8 Å². The first-order valence-corrected chi connectivity index (χ1v) is 11.4. The average Bonchev–Trinajstić information content (AvgIpc) is 2.72. The van der Waals surface area contributed by atoms with Crippen LogP contribution >= 0.6 is 11.8 Å². The molecule has 0 aliphatic heterocycles. The molecular weight excluding hydrogens is 414 g/mol. The lowest BCUT2D eigenvalue weighted by Crippen LogP contribution is -2.37. The van der Waals surface area contributed by atoms with Crippen molar-refractivity contribution in [2.75, 3.05) is 30.8 Å². The normalized spacial score (nSPS) is 11.0. The van der Waals surface area contributed by atoms with E-state index in [4.69, 9.17) is 9.47 Å². The van der Waals surface area contributed by atoms with Gasteiger partial charge in [-0.3, -0.25) is 9.10 Å². The maximum absolute atomic E-state index is 13.4. The molecule has 0 amide bonds. The number of carbonyl (C=O) groups excluding carboxylic acids is 2. The summed E-state index contributed by atoms with van der Waals surface area (Å²) >= 11 is 1.49. The SMILES string of the molecule is CCOC(=O)CN(c1cc(C(=O)OC)ccc1C)S(=O)(=O)c1ccc(SC)cc1. The van der Waals surface area contributed by atoms with Gasteiger partial charge in [0.1, 0.15) is 6.54 Å². The van der Waals surface area contributed by atoms with Crippen LogP contribution in [0.2, 0.25) is 0 Å². The Labute approximate surface area is 175 Å². The highest BCUT2D eigenvalue weighted by Crippen LogP contribution is 2.29. The molecule has 0 spiro atoms. The minimum Gasteiger partial charge on any atom is -0.465 e. The number of hydrogen-bond acceptors (Lipinski definition) is 7. The number of thioether (sulfide) groups is 1. The van der Waals surface area contributed by atoms with Crippen LogP contribution in [0.3, 0.4) is 0 Å². The standard InChI is InChI=1S/C20H23NO6S2/c1-5-27-19(22)13-21(18-12-15(20(23)26-3)7-6-14(18)2)29(24,25)17-10-8-16(28-4)9-11-17/h6-12H,5,13H2,1-4H3. The largest absolute Gasteiger partial charge is 0.465 e. The lowest BCUT2D eigenvalue weighted by Gasteiger charge is -2.25. The first-order valence-electron chi connectivity index (χ1n) is 8.76. The van der Waals surface area contributed by atoms with Crippen LogP contribution in [-0.4, -0.2) is 46.9 Å². The number of aryl methyl sites for hydroxylation is 1. The van der Waals surface area contributed by atoms with E-state index < -0.39 is 28.5 Å². The monoisotopic (exact) mass is 437 g/mol. The Bertz CT molecular complexity index is 987. The molecule has 0 unspecified atom stereocenters. The van der Waals surface area contributed by atoms with E-state index in [2.05, 4.69) is 0 Å². The zero-order valence-corrected chi connectivity index (χ0v) is 18.3. The molecule has 2 rings (SSSR count). The molecule has 2 aromatic carbocycles. The first kappa shape index (κ1) is 22.8. The second-order valence-electron chi connectivity index (χ2n) is 5.99. The molecular formula is C20H23NO6S2. The van der Waals surface area contributed by atoms with Gasteiger partial charge in [0.05, 0.1) is 29.9 Å². The lowest BCUT2D eigenvalue weighted by atomic mass is 10.1. The van der Waals surface area contributed by atoms with Gasteiger partial charge in [-0.25, -0.2) is 13.2 Å². The van der Waals surface area contributed by atoms with E-state index in [1.807, 2.05) is 6.26 Å². The highest BCUT2D eigenvalue weighted by molar-refractivity contribution is 7.98. The van der Waals surface area contributed by atoms with Gasteiger partial charge in [0.25, 0.3) is 10.0 Å². The third-order valence-corrected chi connectivity index (χ3v) is 6.64. The Balaban J connectivity index is 2.60. The summed E-state index contributed by atoms with van der Waals surface area (Å²) in [6, 6.07) is 10.9. The molecule has 0 aliphatic rings. The summed E-state index contributed by atoms with van der Waals surface area (Å²) < 4.78 is 37.4. The number of carbonyl (C=O) groups is 2. The fourth-order valence-corrected chi connectivity index (χ4v) is 4.50. The molecule has 156 valence electrons. The topological polar surface area (TPSA) is 90.0 Å². The van der Waals surface area contributed by atoms with E-state index in [0.29, 0.717) is 5.56 Å². The summed E-state index contributed by atoms with van der Waals surface area (Å²) in [5.74, 6) is -1.30. The predicted molar refractivity (Wildman–Crippen MR) is 112 cm³/mol. The van der Waals surface area contributed by atoms with Crippen LogP contribution < -0.4 is 4.31 Å². The quantitative estimate of drug-likeness (QED) is 0.462. The zero-order chi connectivity index (χ0) is 21.6. The molecule has 9 heteroatoms. The number of methoxy groups -OCH3 is 1. The van der Waals surface area contributed by atoms with E-state index in [0.717, 1.165) is 9.20 Å². The maximum atomic E-state index is 13.4. The van der Waals surface area contributed by atoms with Gasteiger partial charge < -0.3 is 9.47 Å². The van der Waals surface area contributed by atoms with Gasteiger partial charge in [0.2, 0.25) is 0 Å². The van der Waals surface area contributed by atoms with E-state index in [-0.39, 0.29) is 22.8 Å². The van der Waals surface area contributed by atoms with Gasteiger partial charge in [0, 0.05) is 4.90 Å². The van der Waals surface area contributed by atoms with Gasteiger partial charge in [0.15, 0.2) is 0 Å². The summed E-state index contributed by atoms with van der Waals surface area (Å²) in [6.07, 6.45) is 1.89. The number of hydrogen-bond donors (Lipinski definition) is 0. The molecule has 0 fully saturated rings. The number of esters is 2. The van der Waals surface area contributed by atoms with E-state index in [1.54, 1.807) is 32.0 Å². The molecule has 0 heterocycles. The van der Waals surface area contributed by atoms with Crippen LogP contribution in [0, 0.1) is 6.92 Å². The fourth-order valence-electron chi connectivity index (χ4n) is 2.62. The van der Waals surface area contributed by atoms with Gasteiger partial charge in [-0.2, -0.15) is 0 Å². The molecule has 0 atom stereocenters. The molecule has 0 aliphatic carbocycles. The summed E-state index contributed by atoms with van der Waals surface area (Å²) in [7, 11) is -2.85. The van der Waals surface area contributed by atoms with Crippen molar-refractivity contribution < 1.29 is 27.5 Å². The Morgan fingerprint density at radius 2 is 1.76 bits per heavy atom. The second kappa shape index (κ2) is 9.80. The van der Waals surface area contributed by atoms with Crippen LogP contribution in [0.25, 0.3) is 0 Å². The van der Waals surface area contributed by atoms with Crippen molar-refractivity contribution in [2.45, 2.75) is 23.6 Å². The van der Waals surface area contributed by atoms with Crippen LogP contribution in [-0.2, 0) is 24.3 Å². The number of sulfonamides is 1. The lowest BCUT2D eigenvalue weighted by molar-refractivity contribution is -0.141. The molecule has 0 aromatic heterocycles. The van der Waals surface area contributed by atoms with Crippen molar-refractivity contribution in [1.29, 1.82) is 0 Å². The molecule has 0 N–H and O–H groups in total. The molecule has 0 saturated carbocycles. The highest BCUT2D eigenvalue weighted by atomic mass is 32.2. The van der Waals surface area contributed by atoms with Crippen molar-refractivity contribution in [3.63, 3.8) is 0 Å². The van der Waals surface area contributed by atoms with E-state index in [9.17, 15) is 18.0 Å². The summed E-state index contributed by atoms with van der Waals surface area (Å²) in [5, 5.41) is 0.